The Kier molecular flexibility index (Phi) is 3.79. The van der Waals surface area contributed by atoms with Crippen molar-refractivity contribution in [3.63, 3.8) is 0 Å². The lowest BCUT2D eigenvalue weighted by molar-refractivity contribution is 0.252. The van der Waals surface area contributed by atoms with Gasteiger partial charge in [0.25, 0.3) is 0 Å². The first kappa shape index (κ1) is 10.4. The summed E-state index contributed by atoms with van der Waals surface area (Å²) in [7, 11) is 1.55. The molecule has 1 rings (SSSR count). The van der Waals surface area contributed by atoms with Crippen LogP contribution in [-0.4, -0.2) is 19.7 Å². The summed E-state index contributed by atoms with van der Waals surface area (Å²) in [6, 6.07) is 7.74. The van der Waals surface area contributed by atoms with Crippen LogP contribution < -0.4 is 15.4 Å². The van der Waals surface area contributed by atoms with Crippen LogP contribution in [0.1, 0.15) is 6.92 Å². The minimum atomic E-state index is -0.245. The number of hydrogen-bond donors (Lipinski definition) is 2. The van der Waals surface area contributed by atoms with E-state index in [4.69, 9.17) is 4.74 Å². The van der Waals surface area contributed by atoms with E-state index in [0.29, 0.717) is 18.0 Å². The number of anilines is 1. The van der Waals surface area contributed by atoms with Crippen LogP contribution >= 0.6 is 0 Å². The molecule has 0 aliphatic carbocycles. The van der Waals surface area contributed by atoms with Gasteiger partial charge in [0.05, 0.1) is 12.8 Å². The smallest absolute Gasteiger partial charge is 0.319 e. The molecule has 0 saturated heterocycles. The van der Waals surface area contributed by atoms with Gasteiger partial charge < -0.3 is 15.4 Å². The van der Waals surface area contributed by atoms with Gasteiger partial charge in [-0.3, -0.25) is 0 Å². The van der Waals surface area contributed by atoms with Gasteiger partial charge in [0, 0.05) is 6.54 Å². The average molecular weight is 193 g/mol. The predicted octanol–water partition coefficient (Wildman–Crippen LogP) is 1.64. The number of amides is 2. The summed E-state index contributed by atoms with van der Waals surface area (Å²) in [5.41, 5.74) is 0.612. The zero-order valence-electron chi connectivity index (χ0n) is 8.26. The second-order valence-corrected chi connectivity index (χ2v) is 2.61. The third-order valence-electron chi connectivity index (χ3n) is 1.63. The fourth-order valence-corrected chi connectivity index (χ4v) is 1.02. The quantitative estimate of drug-likeness (QED) is 0.766. The summed E-state index contributed by atoms with van der Waals surface area (Å²) in [6.45, 7) is 2.44. The molecule has 0 bridgehead atoms. The maximum Gasteiger partial charge on any atom is 0.319 e. The van der Waals surface area contributed by atoms with Crippen LogP contribution in [0, 0.1) is 6.07 Å². The van der Waals surface area contributed by atoms with Crippen LogP contribution in [-0.2, 0) is 0 Å². The lowest BCUT2D eigenvalue weighted by Gasteiger charge is -2.09. The van der Waals surface area contributed by atoms with Gasteiger partial charge in [0.15, 0.2) is 0 Å². The Morgan fingerprint density at radius 2 is 2.43 bits per heavy atom. The normalized spacial score (nSPS) is 9.29. The maximum absolute atomic E-state index is 11.2. The average Bonchev–Trinajstić information content (AvgIpc) is 2.19. The highest BCUT2D eigenvalue weighted by Crippen LogP contribution is 2.22. The van der Waals surface area contributed by atoms with Crippen molar-refractivity contribution in [2.24, 2.45) is 0 Å². The van der Waals surface area contributed by atoms with E-state index in [9.17, 15) is 4.79 Å². The number of benzene rings is 1. The summed E-state index contributed by atoms with van der Waals surface area (Å²) in [5, 5.41) is 5.28. The van der Waals surface area contributed by atoms with Gasteiger partial charge in [-0.05, 0) is 25.1 Å². The largest absolute Gasteiger partial charge is 0.495 e. The second-order valence-electron chi connectivity index (χ2n) is 2.61. The molecule has 75 valence electrons. The summed E-state index contributed by atoms with van der Waals surface area (Å²) in [5.74, 6) is 0.620. The van der Waals surface area contributed by atoms with Crippen LogP contribution in [0.3, 0.4) is 0 Å². The lowest BCUT2D eigenvalue weighted by Crippen LogP contribution is -2.28. The van der Waals surface area contributed by atoms with Gasteiger partial charge in [0.2, 0.25) is 0 Å². The van der Waals surface area contributed by atoms with Crippen LogP contribution in [0.2, 0.25) is 0 Å². The Hall–Kier alpha value is -1.71. The number of methoxy groups -OCH3 is 1. The number of rotatable bonds is 3. The number of carbonyl (C=O) groups is 1. The van der Waals surface area contributed by atoms with E-state index >= 15 is 0 Å². The molecule has 0 fully saturated rings. The molecule has 0 aliphatic rings. The number of ether oxygens (including phenoxy) is 1. The second kappa shape index (κ2) is 5.11. The first-order valence-electron chi connectivity index (χ1n) is 4.37. The molecule has 0 aliphatic heterocycles. The van der Waals surface area contributed by atoms with E-state index in [1.807, 2.05) is 6.92 Å². The van der Waals surface area contributed by atoms with Gasteiger partial charge in [-0.25, -0.2) is 4.79 Å². The third-order valence-corrected chi connectivity index (χ3v) is 1.63. The van der Waals surface area contributed by atoms with E-state index in [2.05, 4.69) is 16.7 Å². The summed E-state index contributed by atoms with van der Waals surface area (Å²) in [4.78, 5) is 11.2. The molecule has 0 aromatic heterocycles. The number of urea groups is 1. The van der Waals surface area contributed by atoms with Crippen molar-refractivity contribution in [3.8, 4) is 5.75 Å². The SMILES string of the molecule is CCNC(=O)Nc1c[c]ccc1OC. The summed E-state index contributed by atoms with van der Waals surface area (Å²) >= 11 is 0. The highest BCUT2D eigenvalue weighted by molar-refractivity contribution is 5.90. The fourth-order valence-electron chi connectivity index (χ4n) is 1.02. The lowest BCUT2D eigenvalue weighted by atomic mass is 10.3. The molecule has 2 N–H and O–H groups in total. The molecule has 0 unspecified atom stereocenters. The molecule has 1 radical (unpaired) electrons. The maximum atomic E-state index is 11.2. The monoisotopic (exact) mass is 193 g/mol. The Bertz CT molecular complexity index is 313. The van der Waals surface area contributed by atoms with Crippen molar-refractivity contribution >= 4 is 11.7 Å². The molecule has 4 nitrogen and oxygen atoms in total. The topological polar surface area (TPSA) is 50.4 Å². The van der Waals surface area contributed by atoms with E-state index < -0.39 is 0 Å². The first-order valence-corrected chi connectivity index (χ1v) is 4.37. The number of carbonyl (C=O) groups excluding carboxylic acids is 1. The van der Waals surface area contributed by atoms with E-state index in [-0.39, 0.29) is 6.03 Å². The molecule has 14 heavy (non-hydrogen) atoms. The molecule has 4 heteroatoms. The number of hydrogen-bond acceptors (Lipinski definition) is 2. The van der Waals surface area contributed by atoms with Crippen LogP contribution in [0.15, 0.2) is 18.2 Å². The van der Waals surface area contributed by atoms with Crippen LogP contribution in [0.4, 0.5) is 10.5 Å². The Labute approximate surface area is 83.3 Å². The van der Waals surface area contributed by atoms with Crippen molar-refractivity contribution in [1.29, 1.82) is 0 Å². The molecule has 1 aromatic rings. The minimum Gasteiger partial charge on any atom is -0.495 e. The third kappa shape index (κ3) is 2.65. The van der Waals surface area contributed by atoms with E-state index in [1.54, 1.807) is 25.3 Å². The molecule has 0 atom stereocenters. The molecule has 2 amide bonds. The number of nitrogens with one attached hydrogen (secondary N) is 2. The van der Waals surface area contributed by atoms with E-state index in [0.717, 1.165) is 0 Å². The van der Waals surface area contributed by atoms with Gasteiger partial charge in [-0.2, -0.15) is 0 Å². The molecule has 0 heterocycles. The zero-order valence-corrected chi connectivity index (χ0v) is 8.26. The van der Waals surface area contributed by atoms with Crippen LogP contribution in [0.25, 0.3) is 0 Å². The van der Waals surface area contributed by atoms with Crippen molar-refractivity contribution < 1.29 is 9.53 Å². The summed E-state index contributed by atoms with van der Waals surface area (Å²) < 4.78 is 5.06. The standard InChI is InChI=1S/C10H13N2O2/c1-3-11-10(13)12-8-6-4-5-7-9(8)14-2/h5-7H,3H2,1-2H3,(H2,11,12,13). The highest BCUT2D eigenvalue weighted by atomic mass is 16.5. The minimum absolute atomic E-state index is 0.245. The molecule has 1 aromatic carbocycles. The Morgan fingerprint density at radius 3 is 3.07 bits per heavy atom. The van der Waals surface area contributed by atoms with Crippen molar-refractivity contribution in [2.75, 3.05) is 19.0 Å². The molecule has 0 spiro atoms. The summed E-state index contributed by atoms with van der Waals surface area (Å²) in [6.07, 6.45) is 0. The van der Waals surface area contributed by atoms with Gasteiger partial charge in [-0.15, -0.1) is 0 Å². The zero-order chi connectivity index (χ0) is 10.4. The molecule has 0 saturated carbocycles. The van der Waals surface area contributed by atoms with E-state index in [1.165, 1.54) is 0 Å². The van der Waals surface area contributed by atoms with Crippen molar-refractivity contribution in [1.82, 2.24) is 5.32 Å². The first-order chi connectivity index (χ1) is 6.77. The van der Waals surface area contributed by atoms with Gasteiger partial charge in [0.1, 0.15) is 5.75 Å². The van der Waals surface area contributed by atoms with Crippen molar-refractivity contribution in [2.45, 2.75) is 6.92 Å². The fraction of sp³-hybridized carbons (Fsp3) is 0.300. The highest BCUT2D eigenvalue weighted by Gasteiger charge is 2.04. The van der Waals surface area contributed by atoms with Crippen LogP contribution in [0.5, 0.6) is 5.75 Å². The Balaban J connectivity index is 2.70. The predicted molar refractivity (Wildman–Crippen MR) is 54.5 cm³/mol. The van der Waals surface area contributed by atoms with Crippen molar-refractivity contribution in [3.05, 3.63) is 24.3 Å². The van der Waals surface area contributed by atoms with Gasteiger partial charge >= 0.3 is 6.03 Å². The van der Waals surface area contributed by atoms with Gasteiger partial charge in [-0.1, -0.05) is 6.07 Å². The molecular formula is C10H13N2O2. The Morgan fingerprint density at radius 1 is 1.64 bits per heavy atom. The molecular weight excluding hydrogens is 180 g/mol.